The minimum Gasteiger partial charge on any atom is -0.494 e. The molecular formula is C19H31NO3. The maximum atomic E-state index is 9.19. The van der Waals surface area contributed by atoms with E-state index in [2.05, 4.69) is 13.5 Å². The minimum atomic E-state index is -0.904. The van der Waals surface area contributed by atoms with E-state index in [1.54, 1.807) is 0 Å². The molecule has 130 valence electrons. The van der Waals surface area contributed by atoms with Crippen LogP contribution in [0, 0.1) is 0 Å². The van der Waals surface area contributed by atoms with Crippen molar-refractivity contribution in [2.75, 3.05) is 19.8 Å². The van der Waals surface area contributed by atoms with Gasteiger partial charge in [-0.3, -0.25) is 0 Å². The zero-order valence-electron chi connectivity index (χ0n) is 14.3. The summed E-state index contributed by atoms with van der Waals surface area (Å²) in [6, 6.07) is 7.93. The van der Waals surface area contributed by atoms with Crippen LogP contribution in [0.25, 0.3) is 0 Å². The molecule has 4 nitrogen and oxygen atoms in total. The monoisotopic (exact) mass is 321 g/mol. The predicted octanol–water partition coefficient (Wildman–Crippen LogP) is 2.82. The van der Waals surface area contributed by atoms with Crippen molar-refractivity contribution in [1.29, 1.82) is 0 Å². The summed E-state index contributed by atoms with van der Waals surface area (Å²) in [6.45, 7) is 6.27. The third-order valence-corrected chi connectivity index (χ3v) is 3.98. The van der Waals surface area contributed by atoms with Crippen LogP contribution in [-0.2, 0) is 6.42 Å². The average Bonchev–Trinajstić information content (AvgIpc) is 2.56. The van der Waals surface area contributed by atoms with Crippen LogP contribution in [0.1, 0.15) is 44.6 Å². The van der Waals surface area contributed by atoms with Crippen molar-refractivity contribution in [2.24, 2.45) is 5.73 Å². The van der Waals surface area contributed by atoms with Crippen molar-refractivity contribution in [3.05, 3.63) is 42.0 Å². The van der Waals surface area contributed by atoms with Crippen molar-refractivity contribution in [2.45, 2.75) is 51.0 Å². The standard InChI is InChI=1S/C19H31NO3/c1-16(2)6-4-3-5-13-23-18-9-7-17(8-10-18)11-12-19(20,14-21)15-22/h7-10,21-22H,1,3-6,11-15,20H2,2H3. The summed E-state index contributed by atoms with van der Waals surface area (Å²) < 4.78 is 5.73. The first kappa shape index (κ1) is 19.7. The second-order valence-electron chi connectivity index (χ2n) is 6.44. The van der Waals surface area contributed by atoms with Crippen LogP contribution in [0.3, 0.4) is 0 Å². The van der Waals surface area contributed by atoms with Crippen LogP contribution in [-0.4, -0.2) is 35.6 Å². The van der Waals surface area contributed by atoms with Gasteiger partial charge in [-0.05, 0) is 63.1 Å². The Hall–Kier alpha value is -1.36. The second-order valence-corrected chi connectivity index (χ2v) is 6.44. The Morgan fingerprint density at radius 3 is 2.35 bits per heavy atom. The molecule has 0 atom stereocenters. The molecule has 0 aromatic heterocycles. The second kappa shape index (κ2) is 10.4. The van der Waals surface area contributed by atoms with E-state index >= 15 is 0 Å². The molecule has 0 radical (unpaired) electrons. The fourth-order valence-electron chi connectivity index (χ4n) is 2.25. The van der Waals surface area contributed by atoms with Crippen LogP contribution in [0.4, 0.5) is 0 Å². The van der Waals surface area contributed by atoms with Gasteiger partial charge in [-0.25, -0.2) is 0 Å². The van der Waals surface area contributed by atoms with Crippen LogP contribution in [0.15, 0.2) is 36.4 Å². The van der Waals surface area contributed by atoms with Gasteiger partial charge in [0.25, 0.3) is 0 Å². The Kier molecular flexibility index (Phi) is 8.92. The third-order valence-electron chi connectivity index (χ3n) is 3.98. The number of nitrogens with two attached hydrogens (primary N) is 1. The Labute approximate surface area is 140 Å². The molecule has 0 saturated heterocycles. The first-order chi connectivity index (χ1) is 11.0. The Morgan fingerprint density at radius 1 is 1.13 bits per heavy atom. The van der Waals surface area contributed by atoms with E-state index in [0.717, 1.165) is 43.6 Å². The largest absolute Gasteiger partial charge is 0.494 e. The molecular weight excluding hydrogens is 290 g/mol. The molecule has 0 unspecified atom stereocenters. The predicted molar refractivity (Wildman–Crippen MR) is 94.6 cm³/mol. The fourth-order valence-corrected chi connectivity index (χ4v) is 2.25. The first-order valence-corrected chi connectivity index (χ1v) is 8.36. The Bertz CT molecular complexity index is 452. The highest BCUT2D eigenvalue weighted by Gasteiger charge is 2.22. The van der Waals surface area contributed by atoms with Gasteiger partial charge in [0.15, 0.2) is 0 Å². The molecule has 23 heavy (non-hydrogen) atoms. The summed E-state index contributed by atoms with van der Waals surface area (Å²) in [4.78, 5) is 0. The van der Waals surface area contributed by atoms with Gasteiger partial charge >= 0.3 is 0 Å². The highest BCUT2D eigenvalue weighted by Crippen LogP contribution is 2.17. The number of benzene rings is 1. The fraction of sp³-hybridized carbons (Fsp3) is 0.579. The minimum absolute atomic E-state index is 0.212. The zero-order chi connectivity index (χ0) is 17.1. The van der Waals surface area contributed by atoms with Crippen molar-refractivity contribution in [3.63, 3.8) is 0 Å². The summed E-state index contributed by atoms with van der Waals surface area (Å²) in [5.41, 5.74) is 7.33. The van der Waals surface area contributed by atoms with Gasteiger partial charge in [0.2, 0.25) is 0 Å². The van der Waals surface area contributed by atoms with Crippen LogP contribution in [0.5, 0.6) is 5.75 Å². The molecule has 1 aromatic carbocycles. The van der Waals surface area contributed by atoms with Crippen molar-refractivity contribution in [3.8, 4) is 5.75 Å². The van der Waals surface area contributed by atoms with Gasteiger partial charge in [-0.2, -0.15) is 0 Å². The van der Waals surface area contributed by atoms with E-state index < -0.39 is 5.54 Å². The number of allylic oxidation sites excluding steroid dienone is 1. The van der Waals surface area contributed by atoms with Gasteiger partial charge in [-0.15, -0.1) is 6.58 Å². The summed E-state index contributed by atoms with van der Waals surface area (Å²) in [7, 11) is 0. The molecule has 1 rings (SSSR count). The van der Waals surface area contributed by atoms with E-state index in [1.165, 1.54) is 12.0 Å². The summed E-state index contributed by atoms with van der Waals surface area (Å²) in [6.07, 6.45) is 5.75. The van der Waals surface area contributed by atoms with E-state index in [4.69, 9.17) is 10.5 Å². The third kappa shape index (κ3) is 8.16. The van der Waals surface area contributed by atoms with Gasteiger partial charge < -0.3 is 20.7 Å². The lowest BCUT2D eigenvalue weighted by Gasteiger charge is -2.24. The van der Waals surface area contributed by atoms with Gasteiger partial charge in [0.1, 0.15) is 5.75 Å². The molecule has 0 spiro atoms. The molecule has 0 saturated carbocycles. The summed E-state index contributed by atoms with van der Waals surface area (Å²) in [5.74, 6) is 0.872. The lowest BCUT2D eigenvalue weighted by Crippen LogP contribution is -2.47. The number of unbranched alkanes of at least 4 members (excludes halogenated alkanes) is 2. The topological polar surface area (TPSA) is 75.7 Å². The Balaban J connectivity index is 2.27. The number of rotatable bonds is 12. The van der Waals surface area contributed by atoms with Crippen molar-refractivity contribution < 1.29 is 14.9 Å². The lowest BCUT2D eigenvalue weighted by molar-refractivity contribution is 0.115. The van der Waals surface area contributed by atoms with Gasteiger partial charge in [0, 0.05) is 0 Å². The molecule has 0 aliphatic heterocycles. The first-order valence-electron chi connectivity index (χ1n) is 8.36. The maximum Gasteiger partial charge on any atom is 0.119 e. The molecule has 0 aliphatic carbocycles. The maximum absolute atomic E-state index is 9.19. The normalized spacial score (nSPS) is 11.5. The molecule has 1 aromatic rings. The van der Waals surface area contributed by atoms with Crippen molar-refractivity contribution in [1.82, 2.24) is 0 Å². The van der Waals surface area contributed by atoms with Crippen LogP contribution in [0.2, 0.25) is 0 Å². The smallest absolute Gasteiger partial charge is 0.119 e. The quantitative estimate of drug-likeness (QED) is 0.409. The SMILES string of the molecule is C=C(C)CCCCCOc1ccc(CCC(N)(CO)CO)cc1. The average molecular weight is 321 g/mol. The lowest BCUT2D eigenvalue weighted by atomic mass is 9.94. The number of hydrogen-bond donors (Lipinski definition) is 3. The van der Waals surface area contributed by atoms with Crippen LogP contribution < -0.4 is 10.5 Å². The molecule has 4 N–H and O–H groups in total. The summed E-state index contributed by atoms with van der Waals surface area (Å²) >= 11 is 0. The van der Waals surface area contributed by atoms with E-state index in [9.17, 15) is 10.2 Å². The Morgan fingerprint density at radius 2 is 1.78 bits per heavy atom. The molecule has 0 amide bonds. The van der Waals surface area contributed by atoms with Crippen LogP contribution >= 0.6 is 0 Å². The molecule has 0 heterocycles. The highest BCUT2D eigenvalue weighted by molar-refractivity contribution is 5.27. The number of ether oxygens (including phenoxy) is 1. The number of hydrogen-bond acceptors (Lipinski definition) is 4. The van der Waals surface area contributed by atoms with Crippen molar-refractivity contribution >= 4 is 0 Å². The number of aliphatic hydroxyl groups excluding tert-OH is 2. The molecule has 0 bridgehead atoms. The molecule has 0 aliphatic rings. The van der Waals surface area contributed by atoms with E-state index in [0.29, 0.717) is 6.42 Å². The van der Waals surface area contributed by atoms with E-state index in [1.807, 2.05) is 24.3 Å². The summed E-state index contributed by atoms with van der Waals surface area (Å²) in [5, 5.41) is 18.4. The molecule has 4 heteroatoms. The zero-order valence-corrected chi connectivity index (χ0v) is 14.3. The number of aliphatic hydroxyl groups is 2. The van der Waals surface area contributed by atoms with Gasteiger partial charge in [0.05, 0.1) is 25.4 Å². The highest BCUT2D eigenvalue weighted by atomic mass is 16.5. The van der Waals surface area contributed by atoms with E-state index in [-0.39, 0.29) is 13.2 Å². The van der Waals surface area contributed by atoms with Gasteiger partial charge in [-0.1, -0.05) is 17.7 Å². The number of aryl methyl sites for hydroxylation is 1. The molecule has 0 fully saturated rings.